The Morgan fingerprint density at radius 3 is 1.72 bits per heavy atom. The first-order chi connectivity index (χ1) is 42.0. The van der Waals surface area contributed by atoms with E-state index in [0.717, 1.165) is 18.6 Å². The predicted octanol–water partition coefficient (Wildman–Crippen LogP) is 5.04. The fourth-order valence-electron chi connectivity index (χ4n) is 10.0. The number of aromatic nitrogens is 4. The molecule has 0 aliphatic carbocycles. The Labute approximate surface area is 521 Å². The van der Waals surface area contributed by atoms with Crippen LogP contribution in [0.1, 0.15) is 53.1 Å². The fourth-order valence-corrected chi connectivity index (χ4v) is 14.0. The van der Waals surface area contributed by atoms with Gasteiger partial charge >= 0.3 is 0 Å². The maximum absolute atomic E-state index is 13.5. The number of fused-ring (bicyclic) bond motifs is 27. The van der Waals surface area contributed by atoms with Gasteiger partial charge in [0.15, 0.2) is 23.0 Å². The van der Waals surface area contributed by atoms with Crippen molar-refractivity contribution < 1.29 is 55.0 Å². The number of nitrogen functional groups attached to an aromatic ring is 2. The lowest BCUT2D eigenvalue weighted by atomic mass is 9.94. The molecule has 0 unspecified atom stereocenters. The molecular formula is C59H72ClN13O12S3. The van der Waals surface area contributed by atoms with E-state index in [9.17, 15) is 36.0 Å². The Balaban J connectivity index is 0.000000239. The quantitative estimate of drug-likeness (QED) is 0.0973. The monoisotopic (exact) mass is 1290 g/mol. The fraction of sp³-hybridized carbons (Fsp3) is 0.390. The summed E-state index contributed by atoms with van der Waals surface area (Å²) in [6, 6.07) is 26.6. The second-order valence-electron chi connectivity index (χ2n) is 20.8. The van der Waals surface area contributed by atoms with Crippen LogP contribution in [0.3, 0.4) is 0 Å². The number of nitrogens with two attached hydrogens (primary N) is 2. The molecule has 88 heavy (non-hydrogen) atoms. The Bertz CT molecular complexity index is 3630. The zero-order chi connectivity index (χ0) is 61.5. The third-order valence-corrected chi connectivity index (χ3v) is 20.2. The number of ether oxygens (including phenoxy) is 4. The van der Waals surface area contributed by atoms with Crippen LogP contribution in [0.4, 0.5) is 23.0 Å². The van der Waals surface area contributed by atoms with Crippen LogP contribution in [0.2, 0.25) is 0 Å². The SMILES string of the molecule is CN1CCN(C(=O)CCCC[C@@H]2SC[C@@H]3NC(=O)C[C@@H]32)CCOCCOc2ccccc2NC(=O)c2nc(cnc2N)-c2ccc(cc2)S1(=O)=O.CN1CCNCCOCCOc2ccccc2NC(=O)c2nc(cnc2N)-c2ccc(cc2)S1(=O)=O.Cl. The summed E-state index contributed by atoms with van der Waals surface area (Å²) in [5.74, 6) is 1.05. The molecule has 25 nitrogen and oxygen atoms in total. The van der Waals surface area contributed by atoms with E-state index < -0.39 is 31.9 Å². The standard InChI is InChI=1S/C35H43N7O7S2.C24H28N6O5S.ClH/c1-41-14-15-42(32(44)9-5-4-8-30-25-20-31(43)38-28(25)22-50-30)16-17-48-18-19-49-29-7-3-2-6-26(29)40-35(45)33-34(36)37-21-27(39-33)23-10-12-24(13-11-23)51(41,46)47;1-30-12-10-26-11-13-34-14-15-35-21-5-3-2-4-19(21)29-24(31)22-23(25)27-16-20(28-22)17-6-8-18(9-7-17)36(30,32)33;/h2-3,6-7,10-13,21,25,28,30H,4-5,8-9,14-20,22H2,1H3,(H2,36,37)(H,38,43)(H,40,45);2-9,16,26H,10-15H2,1H3,(H2,25,27)(H,29,31);1H/t25-,28-,30-;;/m0../s1. The molecule has 0 saturated carbocycles. The number of nitrogens with one attached hydrogen (secondary N) is 4. The molecule has 0 spiro atoms. The molecule has 4 aromatic carbocycles. The van der Waals surface area contributed by atoms with Gasteiger partial charge in [-0.3, -0.25) is 19.2 Å². The van der Waals surface area contributed by atoms with Gasteiger partial charge in [-0.1, -0.05) is 55.0 Å². The average molecular weight is 1290 g/mol. The number of para-hydroxylation sites is 4. The number of likely N-dealkylation sites (N-methyl/N-ethyl adjacent to an activating group) is 2. The van der Waals surface area contributed by atoms with Crippen molar-refractivity contribution in [1.82, 2.24) is 44.1 Å². The Kier molecular flexibility index (Phi) is 23.5. The minimum absolute atomic E-state index is 0. The van der Waals surface area contributed by atoms with E-state index >= 15 is 0 Å². The number of benzene rings is 4. The first-order valence-electron chi connectivity index (χ1n) is 28.5. The van der Waals surface area contributed by atoms with E-state index in [2.05, 4.69) is 41.2 Å². The summed E-state index contributed by atoms with van der Waals surface area (Å²) in [6.07, 6.45) is 6.30. The first kappa shape index (κ1) is 66.4. The molecule has 4 amide bonds. The molecule has 8 N–H and O–H groups in total. The molecule has 470 valence electrons. The smallest absolute Gasteiger partial charge is 0.278 e. The number of amides is 4. The number of sulfonamides is 2. The summed E-state index contributed by atoms with van der Waals surface area (Å²) >= 11 is 1.91. The highest BCUT2D eigenvalue weighted by atomic mass is 35.5. The lowest BCUT2D eigenvalue weighted by Gasteiger charge is -2.26. The van der Waals surface area contributed by atoms with Crippen LogP contribution in [-0.4, -0.2) is 184 Å². The van der Waals surface area contributed by atoms with Crippen molar-refractivity contribution in [3.8, 4) is 34.0 Å². The van der Waals surface area contributed by atoms with E-state index in [1.807, 2.05) is 11.8 Å². The highest BCUT2D eigenvalue weighted by Crippen LogP contribution is 2.41. The van der Waals surface area contributed by atoms with E-state index in [1.54, 1.807) is 77.7 Å². The van der Waals surface area contributed by atoms with Crippen molar-refractivity contribution in [3.05, 3.63) is 121 Å². The highest BCUT2D eigenvalue weighted by Gasteiger charge is 2.43. The predicted molar refractivity (Wildman–Crippen MR) is 336 cm³/mol. The molecule has 3 atom stereocenters. The third kappa shape index (κ3) is 17.0. The Morgan fingerprint density at radius 2 is 1.16 bits per heavy atom. The molecular weight excluding hydrogens is 1210 g/mol. The van der Waals surface area contributed by atoms with Gasteiger partial charge in [-0.15, -0.1) is 12.4 Å². The molecule has 12 rings (SSSR count). The van der Waals surface area contributed by atoms with Crippen molar-refractivity contribution in [2.75, 3.05) is 121 Å². The van der Waals surface area contributed by atoms with Crippen LogP contribution in [0.25, 0.3) is 22.5 Å². The topological polar surface area (TPSA) is 335 Å². The molecule has 2 fully saturated rings. The number of hydrogen-bond acceptors (Lipinski definition) is 20. The van der Waals surface area contributed by atoms with Crippen LogP contribution in [0.5, 0.6) is 11.5 Å². The summed E-state index contributed by atoms with van der Waals surface area (Å²) in [6.45, 7) is 3.58. The normalized spacial score (nSPS) is 20.5. The van der Waals surface area contributed by atoms with E-state index in [0.29, 0.717) is 109 Å². The minimum Gasteiger partial charge on any atom is -0.489 e. The van der Waals surface area contributed by atoms with Gasteiger partial charge in [0.1, 0.15) is 24.7 Å². The van der Waals surface area contributed by atoms with Gasteiger partial charge in [-0.05, 0) is 61.4 Å². The van der Waals surface area contributed by atoms with Gasteiger partial charge < -0.3 is 56.6 Å². The summed E-state index contributed by atoms with van der Waals surface area (Å²) in [5.41, 5.74) is 14.5. The van der Waals surface area contributed by atoms with Gasteiger partial charge in [0.25, 0.3) is 11.8 Å². The average Bonchev–Trinajstić information content (AvgIpc) is 2.54. The molecule has 6 aliphatic heterocycles. The molecule has 6 aromatic rings. The number of halogens is 1. The third-order valence-electron chi connectivity index (χ3n) is 14.9. The molecule has 6 aliphatic rings. The van der Waals surface area contributed by atoms with E-state index in [4.69, 9.17) is 30.4 Å². The molecule has 8 bridgehead atoms. The molecule has 2 aromatic heterocycles. The van der Waals surface area contributed by atoms with Crippen molar-refractivity contribution in [2.45, 2.75) is 53.2 Å². The number of hydrogen-bond donors (Lipinski definition) is 6. The zero-order valence-electron chi connectivity index (χ0n) is 48.7. The summed E-state index contributed by atoms with van der Waals surface area (Å²) in [4.78, 5) is 70.5. The number of carbonyl (C=O) groups excluding carboxylic acids is 4. The van der Waals surface area contributed by atoms with Gasteiger partial charge in [-0.2, -0.15) is 20.4 Å². The van der Waals surface area contributed by atoms with Crippen molar-refractivity contribution in [1.29, 1.82) is 0 Å². The van der Waals surface area contributed by atoms with Crippen molar-refractivity contribution in [2.24, 2.45) is 5.92 Å². The number of thioether (sulfide) groups is 1. The van der Waals surface area contributed by atoms with Gasteiger partial charge in [-0.25, -0.2) is 36.8 Å². The van der Waals surface area contributed by atoms with Crippen molar-refractivity contribution >= 4 is 90.9 Å². The Hall–Kier alpha value is -7.54. The number of rotatable bonds is 5. The first-order valence-corrected chi connectivity index (χ1v) is 32.4. The summed E-state index contributed by atoms with van der Waals surface area (Å²) in [7, 11) is -4.54. The zero-order valence-corrected chi connectivity index (χ0v) is 51.9. The van der Waals surface area contributed by atoms with E-state index in [-0.39, 0.29) is 109 Å². The minimum atomic E-state index is -3.89. The number of nitrogens with zero attached hydrogens (tertiary/aromatic N) is 7. The highest BCUT2D eigenvalue weighted by molar-refractivity contribution is 8.00. The number of unbranched alkanes of at least 4 members (excludes halogenated alkanes) is 1. The summed E-state index contributed by atoms with van der Waals surface area (Å²) in [5, 5.41) is 12.2. The molecule has 29 heteroatoms. The second-order valence-corrected chi connectivity index (χ2v) is 26.2. The van der Waals surface area contributed by atoms with E-state index in [1.165, 1.54) is 59.4 Å². The van der Waals surface area contributed by atoms with Gasteiger partial charge in [0.2, 0.25) is 31.9 Å². The molecule has 2 saturated heterocycles. The maximum atomic E-state index is 13.5. The van der Waals surface area contributed by atoms with Crippen LogP contribution >= 0.6 is 24.2 Å². The van der Waals surface area contributed by atoms with Crippen LogP contribution in [0.15, 0.2) is 119 Å². The number of carbonyl (C=O) groups is 4. The lowest BCUT2D eigenvalue weighted by molar-refractivity contribution is -0.132. The van der Waals surface area contributed by atoms with Gasteiger partial charge in [0, 0.05) is 100 Å². The Morgan fingerprint density at radius 1 is 0.636 bits per heavy atom. The number of anilines is 4. The van der Waals surface area contributed by atoms with Crippen LogP contribution in [0, 0.1) is 5.92 Å². The maximum Gasteiger partial charge on any atom is 0.278 e. The van der Waals surface area contributed by atoms with Crippen molar-refractivity contribution in [3.63, 3.8) is 0 Å². The largest absolute Gasteiger partial charge is 0.489 e. The molecule has 0 radical (unpaired) electrons. The molecule has 8 heterocycles. The van der Waals surface area contributed by atoms with Crippen LogP contribution < -0.4 is 42.2 Å². The van der Waals surface area contributed by atoms with Crippen LogP contribution in [-0.2, 0) is 39.1 Å². The second kappa shape index (κ2) is 31.1. The van der Waals surface area contributed by atoms with Gasteiger partial charge in [0.05, 0.1) is 71.4 Å². The lowest BCUT2D eigenvalue weighted by Crippen LogP contribution is -2.41. The summed E-state index contributed by atoms with van der Waals surface area (Å²) < 4.78 is 78.5.